The smallest absolute Gasteiger partial charge is 0.0686 e. The van der Waals surface area contributed by atoms with Gasteiger partial charge in [-0.1, -0.05) is 45.6 Å². The second kappa shape index (κ2) is 11.7. The van der Waals surface area contributed by atoms with E-state index >= 15 is 0 Å². The fraction of sp³-hybridized carbons (Fsp3) is 0.846. The maximum Gasteiger partial charge on any atom is 0.0686 e. The van der Waals surface area contributed by atoms with Crippen molar-refractivity contribution in [1.82, 2.24) is 5.32 Å². The van der Waals surface area contributed by atoms with Crippen molar-refractivity contribution >= 4 is 0 Å². The van der Waals surface area contributed by atoms with E-state index in [0.717, 1.165) is 18.7 Å². The van der Waals surface area contributed by atoms with E-state index in [9.17, 15) is 0 Å². The molecule has 2 nitrogen and oxygen atoms in total. The van der Waals surface area contributed by atoms with Gasteiger partial charge in [0.05, 0.1) is 6.61 Å². The van der Waals surface area contributed by atoms with Gasteiger partial charge in [-0.2, -0.15) is 0 Å². The fourth-order valence-corrected chi connectivity index (χ4v) is 1.50. The average Bonchev–Trinajstić information content (AvgIpc) is 2.22. The third-order valence-corrected chi connectivity index (χ3v) is 2.38. The summed E-state index contributed by atoms with van der Waals surface area (Å²) in [6.07, 6.45) is 7.92. The molecular formula is C13H27NO. The topological polar surface area (TPSA) is 21.3 Å². The maximum absolute atomic E-state index is 5.51. The molecule has 0 saturated carbocycles. The van der Waals surface area contributed by atoms with Crippen molar-refractivity contribution < 1.29 is 4.74 Å². The standard InChI is InChI=1S/C13H27NO/c1-4-5-6-7-8-9-10-15-12-13(2)11-14-3/h14H,2,4-12H2,1,3H3. The van der Waals surface area contributed by atoms with Crippen molar-refractivity contribution in [1.29, 1.82) is 0 Å². The van der Waals surface area contributed by atoms with Gasteiger partial charge in [0.2, 0.25) is 0 Å². The summed E-state index contributed by atoms with van der Waals surface area (Å²) < 4.78 is 5.51. The Balaban J connectivity index is 3.01. The first kappa shape index (κ1) is 14.7. The molecule has 0 aliphatic carbocycles. The van der Waals surface area contributed by atoms with Gasteiger partial charge in [0.1, 0.15) is 0 Å². The van der Waals surface area contributed by atoms with Crippen LogP contribution in [0.3, 0.4) is 0 Å². The molecule has 0 rings (SSSR count). The molecule has 0 saturated heterocycles. The van der Waals surface area contributed by atoms with Crippen LogP contribution in [-0.2, 0) is 4.74 Å². The molecule has 0 aliphatic heterocycles. The molecule has 0 aromatic rings. The fourth-order valence-electron chi connectivity index (χ4n) is 1.50. The quantitative estimate of drug-likeness (QED) is 0.420. The van der Waals surface area contributed by atoms with Gasteiger partial charge in [0.25, 0.3) is 0 Å². The summed E-state index contributed by atoms with van der Waals surface area (Å²) in [6, 6.07) is 0. The van der Waals surface area contributed by atoms with Crippen LogP contribution < -0.4 is 5.32 Å². The average molecular weight is 213 g/mol. The third-order valence-electron chi connectivity index (χ3n) is 2.38. The van der Waals surface area contributed by atoms with Crippen LogP contribution in [0, 0.1) is 0 Å². The molecule has 1 N–H and O–H groups in total. The monoisotopic (exact) mass is 213 g/mol. The van der Waals surface area contributed by atoms with E-state index in [2.05, 4.69) is 18.8 Å². The van der Waals surface area contributed by atoms with Crippen LogP contribution in [0.25, 0.3) is 0 Å². The minimum atomic E-state index is 0.704. The number of hydrogen-bond acceptors (Lipinski definition) is 2. The lowest BCUT2D eigenvalue weighted by atomic mass is 10.1. The highest BCUT2D eigenvalue weighted by Gasteiger charge is 1.93. The van der Waals surface area contributed by atoms with Gasteiger partial charge in [0, 0.05) is 13.2 Å². The second-order valence-corrected chi connectivity index (χ2v) is 4.10. The largest absolute Gasteiger partial charge is 0.377 e. The Bertz CT molecular complexity index is 145. The van der Waals surface area contributed by atoms with E-state index < -0.39 is 0 Å². The molecule has 15 heavy (non-hydrogen) atoms. The van der Waals surface area contributed by atoms with Crippen molar-refractivity contribution in [3.8, 4) is 0 Å². The highest BCUT2D eigenvalue weighted by atomic mass is 16.5. The lowest BCUT2D eigenvalue weighted by molar-refractivity contribution is 0.150. The van der Waals surface area contributed by atoms with Gasteiger partial charge in [0.15, 0.2) is 0 Å². The van der Waals surface area contributed by atoms with Crippen LogP contribution >= 0.6 is 0 Å². The summed E-state index contributed by atoms with van der Waals surface area (Å²) >= 11 is 0. The van der Waals surface area contributed by atoms with Gasteiger partial charge in [-0.3, -0.25) is 0 Å². The SMILES string of the molecule is C=C(CNC)COCCCCCCCC. The lowest BCUT2D eigenvalue weighted by Crippen LogP contribution is -2.13. The number of hydrogen-bond donors (Lipinski definition) is 1. The normalized spacial score (nSPS) is 10.5. The van der Waals surface area contributed by atoms with E-state index in [-0.39, 0.29) is 0 Å². The number of rotatable bonds is 11. The molecule has 0 unspecified atom stereocenters. The van der Waals surface area contributed by atoms with Crippen LogP contribution in [0.5, 0.6) is 0 Å². The molecule has 2 heteroatoms. The Morgan fingerprint density at radius 2 is 1.80 bits per heavy atom. The van der Waals surface area contributed by atoms with Crippen molar-refractivity contribution in [2.24, 2.45) is 0 Å². The Labute approximate surface area is 95.1 Å². The molecule has 0 amide bonds. The van der Waals surface area contributed by atoms with E-state index in [1.807, 2.05) is 7.05 Å². The van der Waals surface area contributed by atoms with Crippen LogP contribution in [-0.4, -0.2) is 26.8 Å². The van der Waals surface area contributed by atoms with Crippen molar-refractivity contribution in [3.05, 3.63) is 12.2 Å². The van der Waals surface area contributed by atoms with E-state index in [1.165, 1.54) is 38.5 Å². The van der Waals surface area contributed by atoms with Crippen LogP contribution in [0.15, 0.2) is 12.2 Å². The zero-order valence-corrected chi connectivity index (χ0v) is 10.5. The molecule has 0 heterocycles. The van der Waals surface area contributed by atoms with Gasteiger partial charge < -0.3 is 10.1 Å². The first-order valence-corrected chi connectivity index (χ1v) is 6.20. The highest BCUT2D eigenvalue weighted by molar-refractivity contribution is 4.96. The Kier molecular flexibility index (Phi) is 11.5. The molecule has 0 aromatic carbocycles. The summed E-state index contributed by atoms with van der Waals surface area (Å²) in [7, 11) is 1.93. The third kappa shape index (κ3) is 11.6. The van der Waals surface area contributed by atoms with Crippen LogP contribution in [0.1, 0.15) is 45.4 Å². The predicted octanol–water partition coefficient (Wildman–Crippen LogP) is 3.14. The molecule has 0 aliphatic rings. The molecule has 0 aromatic heterocycles. The second-order valence-electron chi connectivity index (χ2n) is 4.10. The van der Waals surface area contributed by atoms with E-state index in [1.54, 1.807) is 0 Å². The van der Waals surface area contributed by atoms with E-state index in [4.69, 9.17) is 4.74 Å². The number of nitrogens with one attached hydrogen (secondary N) is 1. The molecule has 0 radical (unpaired) electrons. The van der Waals surface area contributed by atoms with E-state index in [0.29, 0.717) is 6.61 Å². The molecule has 0 bridgehead atoms. The number of ether oxygens (including phenoxy) is 1. The zero-order valence-electron chi connectivity index (χ0n) is 10.5. The summed E-state index contributed by atoms with van der Waals surface area (Å²) in [5, 5.41) is 3.06. The minimum absolute atomic E-state index is 0.704. The van der Waals surface area contributed by atoms with Gasteiger partial charge in [-0.25, -0.2) is 0 Å². The Morgan fingerprint density at radius 1 is 1.13 bits per heavy atom. The van der Waals surface area contributed by atoms with Gasteiger partial charge in [-0.05, 0) is 19.0 Å². The first-order chi connectivity index (χ1) is 7.31. The molecule has 0 spiro atoms. The molecule has 0 fully saturated rings. The minimum Gasteiger partial charge on any atom is -0.377 e. The zero-order chi connectivity index (χ0) is 11.4. The predicted molar refractivity (Wildman–Crippen MR) is 67.3 cm³/mol. The van der Waals surface area contributed by atoms with Gasteiger partial charge >= 0.3 is 0 Å². The first-order valence-electron chi connectivity index (χ1n) is 6.20. The Morgan fingerprint density at radius 3 is 2.47 bits per heavy atom. The summed E-state index contributed by atoms with van der Waals surface area (Å²) in [4.78, 5) is 0. The van der Waals surface area contributed by atoms with Crippen LogP contribution in [0.2, 0.25) is 0 Å². The summed E-state index contributed by atoms with van der Waals surface area (Å²) in [5.74, 6) is 0. The highest BCUT2D eigenvalue weighted by Crippen LogP contribution is 2.05. The van der Waals surface area contributed by atoms with Crippen molar-refractivity contribution in [3.63, 3.8) is 0 Å². The van der Waals surface area contributed by atoms with Crippen LogP contribution in [0.4, 0.5) is 0 Å². The number of unbranched alkanes of at least 4 members (excludes halogenated alkanes) is 5. The molecule has 0 atom stereocenters. The molecule has 90 valence electrons. The summed E-state index contributed by atoms with van der Waals surface area (Å²) in [6.45, 7) is 8.61. The van der Waals surface area contributed by atoms with Crippen molar-refractivity contribution in [2.75, 3.05) is 26.8 Å². The van der Waals surface area contributed by atoms with Crippen molar-refractivity contribution in [2.45, 2.75) is 45.4 Å². The Hall–Kier alpha value is -0.340. The van der Waals surface area contributed by atoms with Gasteiger partial charge in [-0.15, -0.1) is 0 Å². The molecular weight excluding hydrogens is 186 g/mol. The lowest BCUT2D eigenvalue weighted by Gasteiger charge is -2.06. The number of likely N-dealkylation sites (N-methyl/N-ethyl adjacent to an activating group) is 1. The summed E-state index contributed by atoms with van der Waals surface area (Å²) in [5.41, 5.74) is 1.13. The maximum atomic E-state index is 5.51.